The fourth-order valence-electron chi connectivity index (χ4n) is 12.0. The van der Waals surface area contributed by atoms with Crippen molar-refractivity contribution in [2.24, 2.45) is 42.1 Å². The van der Waals surface area contributed by atoms with E-state index in [2.05, 4.69) is 186 Å². The second-order valence-electron chi connectivity index (χ2n) is 31.3. The molecule has 4 N–H and O–H groups in total. The van der Waals surface area contributed by atoms with Gasteiger partial charge >= 0.3 is 11.9 Å². The molecule has 0 spiro atoms. The smallest absolute Gasteiger partial charge is 0.333 e. The number of esters is 2. The van der Waals surface area contributed by atoms with E-state index in [1.807, 2.05) is 84.9 Å². The molecule has 0 saturated carbocycles. The highest BCUT2D eigenvalue weighted by Gasteiger charge is 2.50. The van der Waals surface area contributed by atoms with Crippen LogP contribution >= 0.6 is 0 Å². The summed E-state index contributed by atoms with van der Waals surface area (Å²) in [6.07, 6.45) is 18.0. The molecule has 0 fully saturated rings. The third kappa shape index (κ3) is 22.3. The van der Waals surface area contributed by atoms with Crippen LogP contribution in [-0.4, -0.2) is 62.9 Å². The third-order valence-corrected chi connectivity index (χ3v) is 20.7. The van der Waals surface area contributed by atoms with Crippen LogP contribution in [0.15, 0.2) is 178 Å². The van der Waals surface area contributed by atoms with E-state index in [0.29, 0.717) is 50.8 Å². The Morgan fingerprint density at radius 2 is 0.735 bits per heavy atom. The van der Waals surface area contributed by atoms with Crippen molar-refractivity contribution in [3.8, 4) is 23.0 Å². The fraction of sp³-hybridized carbons (Fsp3) is 0.488. The minimum Gasteiger partial charge on any atom is -0.494 e. The molecule has 0 aromatic heterocycles. The molecule has 7 aromatic rings. The third-order valence-electron chi connectivity index (χ3n) is 20.7. The zero-order chi connectivity index (χ0) is 73.6. The zero-order valence-corrected chi connectivity index (χ0v) is 63.7. The van der Waals surface area contributed by atoms with Crippen LogP contribution in [0.5, 0.6) is 23.0 Å². The van der Waals surface area contributed by atoms with Gasteiger partial charge in [-0.3, -0.25) is 0 Å². The highest BCUT2D eigenvalue weighted by atomic mass is 16.5. The number of anilines is 4. The Morgan fingerprint density at radius 1 is 0.392 bits per heavy atom. The average molecular weight is 1390 g/mol. The zero-order valence-electron chi connectivity index (χ0n) is 63.7. The van der Waals surface area contributed by atoms with Gasteiger partial charge < -0.3 is 49.7 Å². The quantitative estimate of drug-likeness (QED) is 0.0125. The van der Waals surface area contributed by atoms with Crippen molar-refractivity contribution < 1.29 is 38.0 Å². The highest BCUT2D eigenvalue weighted by Crippen LogP contribution is 2.52. The number of carbonyl (C=O) groups excluding carboxylic acids is 2. The number of ether oxygens (including phenoxy) is 6. The molecule has 0 radical (unpaired) electrons. The van der Waals surface area contributed by atoms with E-state index in [-0.39, 0.29) is 39.3 Å². The lowest BCUT2D eigenvalue weighted by atomic mass is 9.61. The van der Waals surface area contributed by atoms with Crippen LogP contribution in [0, 0.1) is 21.7 Å². The standard InChI is InChI=1S/C47H62N4O5.C39H54N4O3/c1-34(2)44(52)54-31-16-14-12-10-9-11-13-15-30-53-36-22-20-35(21-23-36)50-51-40-28-29-42-43-39(40)18-17-19-41(43)48-47(8,49-42)33-56-38-26-24-37(25-27-38)55-32-46(6,7)45(3,4)5;1-28(2)36(44)46-27-16-14-12-10-9-11-13-15-26-45-30-22-20-29(21-23-30)42-43-32-24-25-34-35-31(32)18-17-19-33(35)40-39(8,41-34)38(6,7)37(3,4)5/h17-29,48-49H,1,9-16,30-33H2,2-8H3;17-25,40-41H,1,9-16,26-27H2,2-8H3. The highest BCUT2D eigenvalue weighted by molar-refractivity contribution is 6.11. The Hall–Kier alpha value is -8.92. The summed E-state index contributed by atoms with van der Waals surface area (Å²) in [6, 6.07) is 44.3. The Bertz CT molecular complexity index is 3930. The molecule has 2 aliphatic heterocycles. The summed E-state index contributed by atoms with van der Waals surface area (Å²) < 4.78 is 34.6. The number of unbranched alkanes of at least 4 members (excludes halogenated alkanes) is 14. The van der Waals surface area contributed by atoms with E-state index in [0.717, 1.165) is 141 Å². The maximum atomic E-state index is 11.4. The minimum atomic E-state index is -0.536. The summed E-state index contributed by atoms with van der Waals surface area (Å²) in [5.41, 5.74) is 7.70. The largest absolute Gasteiger partial charge is 0.494 e. The monoisotopic (exact) mass is 1390 g/mol. The summed E-state index contributed by atoms with van der Waals surface area (Å²) in [6.45, 7) is 41.1. The molecule has 0 bridgehead atoms. The molecule has 102 heavy (non-hydrogen) atoms. The van der Waals surface area contributed by atoms with E-state index < -0.39 is 5.66 Å². The molecule has 16 nitrogen and oxygen atoms in total. The molecule has 2 heterocycles. The number of hydrogen-bond acceptors (Lipinski definition) is 16. The topological polar surface area (TPSA) is 187 Å². The van der Waals surface area contributed by atoms with E-state index in [9.17, 15) is 9.59 Å². The molecular weight excluding hydrogens is 1270 g/mol. The number of nitrogens with one attached hydrogen (secondary N) is 4. The van der Waals surface area contributed by atoms with Gasteiger partial charge in [0.1, 0.15) is 40.9 Å². The molecule has 0 saturated heterocycles. The first kappa shape index (κ1) is 78.8. The van der Waals surface area contributed by atoms with Gasteiger partial charge in [-0.05, 0) is 173 Å². The molecule has 9 rings (SSSR count). The van der Waals surface area contributed by atoms with Crippen molar-refractivity contribution in [2.45, 2.75) is 211 Å². The number of hydrogen-bond donors (Lipinski definition) is 4. The van der Waals surface area contributed by atoms with Crippen LogP contribution in [0.2, 0.25) is 0 Å². The second kappa shape index (κ2) is 36.3. The summed E-state index contributed by atoms with van der Waals surface area (Å²) in [4.78, 5) is 22.7. The van der Waals surface area contributed by atoms with Gasteiger partial charge in [0, 0.05) is 66.3 Å². The molecule has 16 heteroatoms. The molecule has 2 atom stereocenters. The first-order valence-electron chi connectivity index (χ1n) is 37.1. The Morgan fingerprint density at radius 3 is 1.13 bits per heavy atom. The number of azo groups is 2. The number of nitrogens with zero attached hydrogens (tertiary/aromatic N) is 4. The number of carbonyl (C=O) groups is 2. The van der Waals surface area contributed by atoms with Gasteiger partial charge in [0.15, 0.2) is 0 Å². The summed E-state index contributed by atoms with van der Waals surface area (Å²) >= 11 is 0. The maximum Gasteiger partial charge on any atom is 0.333 e. The molecule has 548 valence electrons. The van der Waals surface area contributed by atoms with Crippen LogP contribution in [0.25, 0.3) is 21.5 Å². The van der Waals surface area contributed by atoms with Crippen molar-refractivity contribution in [3.05, 3.63) is 158 Å². The summed E-state index contributed by atoms with van der Waals surface area (Å²) in [5, 5.41) is 37.7. The van der Waals surface area contributed by atoms with Gasteiger partial charge in [0.2, 0.25) is 0 Å². The molecular formula is C86H116N8O8. The number of rotatable bonds is 37. The van der Waals surface area contributed by atoms with Crippen molar-refractivity contribution in [1.29, 1.82) is 0 Å². The predicted octanol–water partition coefficient (Wildman–Crippen LogP) is 24.5. The fourth-order valence-corrected chi connectivity index (χ4v) is 12.0. The Labute approximate surface area is 608 Å². The van der Waals surface area contributed by atoms with Crippen molar-refractivity contribution in [3.63, 3.8) is 0 Å². The summed E-state index contributed by atoms with van der Waals surface area (Å²) in [5.74, 6) is 2.73. The van der Waals surface area contributed by atoms with Gasteiger partial charge in [-0.1, -0.05) is 184 Å². The van der Waals surface area contributed by atoms with Crippen molar-refractivity contribution >= 4 is 79.0 Å². The van der Waals surface area contributed by atoms with Gasteiger partial charge in [-0.25, -0.2) is 9.59 Å². The lowest BCUT2D eigenvalue weighted by Gasteiger charge is -2.55. The molecule has 2 aliphatic rings. The molecule has 0 amide bonds. The Balaban J connectivity index is 0.000000264. The molecule has 7 aromatic carbocycles. The van der Waals surface area contributed by atoms with Crippen molar-refractivity contribution in [2.75, 3.05) is 60.9 Å². The first-order chi connectivity index (χ1) is 48.5. The first-order valence-corrected chi connectivity index (χ1v) is 37.1. The number of benzene rings is 7. The summed E-state index contributed by atoms with van der Waals surface area (Å²) in [7, 11) is 0. The predicted molar refractivity (Wildman–Crippen MR) is 421 cm³/mol. The van der Waals surface area contributed by atoms with Gasteiger partial charge in [0.25, 0.3) is 0 Å². The van der Waals surface area contributed by atoms with Gasteiger partial charge in [0.05, 0.1) is 55.8 Å². The minimum absolute atomic E-state index is 0.0386. The Kier molecular flexibility index (Phi) is 28.0. The lowest BCUT2D eigenvalue weighted by Crippen LogP contribution is -2.60. The van der Waals surface area contributed by atoms with Crippen LogP contribution in [0.1, 0.15) is 200 Å². The average Bonchev–Trinajstić information content (AvgIpc) is 0.732. The van der Waals surface area contributed by atoms with Crippen LogP contribution in [0.4, 0.5) is 45.5 Å². The van der Waals surface area contributed by atoms with Gasteiger partial charge in [-0.2, -0.15) is 10.2 Å². The van der Waals surface area contributed by atoms with Crippen molar-refractivity contribution in [1.82, 2.24) is 0 Å². The van der Waals surface area contributed by atoms with Crippen LogP contribution in [0.3, 0.4) is 0 Å². The van der Waals surface area contributed by atoms with E-state index in [4.69, 9.17) is 28.4 Å². The van der Waals surface area contributed by atoms with E-state index in [1.54, 1.807) is 13.8 Å². The second-order valence-corrected chi connectivity index (χ2v) is 31.3. The molecule has 2 unspecified atom stereocenters. The SMILES string of the molecule is C=C(C)C(=O)OCCCCCCCCCCOc1ccc(N=Nc2ccc3c4c(cccc24)NC(C)(C(C)(C)C(C)(C)C)N3)cc1.C=C(C)C(=O)OCCCCCCCCCCOc1ccc(N=Nc2ccc3c4c(cccc24)NC(C)(COc2ccc(OCC(C)(C)C(C)(C)C)cc2)N3)cc1. The van der Waals surface area contributed by atoms with Crippen LogP contribution in [-0.2, 0) is 19.1 Å². The maximum absolute atomic E-state index is 11.4. The van der Waals surface area contributed by atoms with Gasteiger partial charge in [-0.15, -0.1) is 10.2 Å². The normalized spacial score (nSPS) is 15.7. The lowest BCUT2D eigenvalue weighted by molar-refractivity contribution is -0.139. The van der Waals surface area contributed by atoms with E-state index in [1.165, 1.54) is 51.4 Å². The van der Waals surface area contributed by atoms with Crippen LogP contribution < -0.4 is 40.2 Å². The van der Waals surface area contributed by atoms with E-state index >= 15 is 0 Å². The molecule has 0 aliphatic carbocycles.